The second kappa shape index (κ2) is 5.24. The third-order valence-corrected chi connectivity index (χ3v) is 3.30. The first kappa shape index (κ1) is 15.5. The molecule has 1 aromatic rings. The van der Waals surface area contributed by atoms with Gasteiger partial charge in [0.05, 0.1) is 12.5 Å². The van der Waals surface area contributed by atoms with Crippen LogP contribution >= 0.6 is 0 Å². The summed E-state index contributed by atoms with van der Waals surface area (Å²) in [5.41, 5.74) is 1.34. The van der Waals surface area contributed by atoms with Crippen LogP contribution in [0.1, 0.15) is 45.7 Å². The Bertz CT molecular complexity index is 467. The van der Waals surface area contributed by atoms with E-state index in [9.17, 15) is 9.90 Å². The zero-order valence-corrected chi connectivity index (χ0v) is 12.7. The highest BCUT2D eigenvalue weighted by Crippen LogP contribution is 2.33. The summed E-state index contributed by atoms with van der Waals surface area (Å²) in [6, 6.07) is 5.93. The molecule has 0 amide bonds. The first-order chi connectivity index (χ1) is 8.58. The van der Waals surface area contributed by atoms with Gasteiger partial charge in [0.2, 0.25) is 0 Å². The number of carbonyl (C=O) groups is 1. The second-order valence-electron chi connectivity index (χ2n) is 6.65. The van der Waals surface area contributed by atoms with Gasteiger partial charge in [0.1, 0.15) is 5.75 Å². The third-order valence-electron chi connectivity index (χ3n) is 3.30. The van der Waals surface area contributed by atoms with Gasteiger partial charge in [-0.3, -0.25) is 4.79 Å². The summed E-state index contributed by atoms with van der Waals surface area (Å²) in [5, 5.41) is 9.21. The third kappa shape index (κ3) is 3.72. The van der Waals surface area contributed by atoms with Crippen LogP contribution < -0.4 is 4.74 Å². The molecule has 0 bridgehead atoms. The molecule has 3 heteroatoms. The Balaban J connectivity index is 3.16. The summed E-state index contributed by atoms with van der Waals surface area (Å²) >= 11 is 0. The smallest absolute Gasteiger partial charge is 0.309 e. The summed E-state index contributed by atoms with van der Waals surface area (Å²) in [4.78, 5) is 11.2. The Morgan fingerprint density at radius 2 is 1.79 bits per heavy atom. The van der Waals surface area contributed by atoms with Crippen molar-refractivity contribution in [2.75, 3.05) is 7.11 Å². The monoisotopic (exact) mass is 264 g/mol. The molecule has 0 fully saturated rings. The molecule has 0 saturated heterocycles. The van der Waals surface area contributed by atoms with Crippen molar-refractivity contribution in [2.45, 2.75) is 46.5 Å². The molecule has 0 unspecified atom stereocenters. The summed E-state index contributed by atoms with van der Waals surface area (Å²) in [7, 11) is 1.66. The Morgan fingerprint density at radius 1 is 1.21 bits per heavy atom. The molecule has 3 nitrogen and oxygen atoms in total. The largest absolute Gasteiger partial charge is 0.496 e. The highest BCUT2D eigenvalue weighted by molar-refractivity contribution is 5.74. The highest BCUT2D eigenvalue weighted by Gasteiger charge is 2.28. The Kier molecular flexibility index (Phi) is 4.28. The van der Waals surface area contributed by atoms with Gasteiger partial charge in [-0.1, -0.05) is 32.9 Å². The Morgan fingerprint density at radius 3 is 2.21 bits per heavy atom. The van der Waals surface area contributed by atoms with Crippen molar-refractivity contribution in [3.05, 3.63) is 29.3 Å². The maximum Gasteiger partial charge on any atom is 0.309 e. The van der Waals surface area contributed by atoms with Crippen LogP contribution in [-0.4, -0.2) is 18.2 Å². The van der Waals surface area contributed by atoms with Gasteiger partial charge in [-0.25, -0.2) is 0 Å². The van der Waals surface area contributed by atoms with E-state index in [2.05, 4.69) is 26.8 Å². The summed E-state index contributed by atoms with van der Waals surface area (Å²) in [5.74, 6) is 0.0741. The molecule has 1 aromatic carbocycles. The molecule has 0 saturated carbocycles. The lowest BCUT2D eigenvalue weighted by Gasteiger charge is -2.25. The predicted octanol–water partition coefficient (Wildman–Crippen LogP) is 3.65. The first-order valence-electron chi connectivity index (χ1n) is 6.49. The number of rotatable bonds is 4. The lowest BCUT2D eigenvalue weighted by atomic mass is 9.81. The van der Waals surface area contributed by atoms with E-state index < -0.39 is 11.4 Å². The van der Waals surface area contributed by atoms with Crippen LogP contribution in [0.2, 0.25) is 0 Å². The molecule has 0 aliphatic rings. The minimum absolute atomic E-state index is 0.0330. The fourth-order valence-corrected chi connectivity index (χ4v) is 2.04. The summed E-state index contributed by atoms with van der Waals surface area (Å²) < 4.78 is 5.39. The fraction of sp³-hybridized carbons (Fsp3) is 0.562. The maximum atomic E-state index is 11.2. The minimum Gasteiger partial charge on any atom is -0.496 e. The number of ether oxygens (including phenoxy) is 1. The van der Waals surface area contributed by atoms with Crippen molar-refractivity contribution in [1.29, 1.82) is 0 Å². The van der Waals surface area contributed by atoms with Crippen LogP contribution in [0.4, 0.5) is 0 Å². The van der Waals surface area contributed by atoms with Gasteiger partial charge >= 0.3 is 5.97 Å². The SMILES string of the molecule is COc1ccc(CC(C)(C)C(=O)O)cc1C(C)(C)C. The average Bonchev–Trinajstić information content (AvgIpc) is 2.27. The standard InChI is InChI=1S/C16H24O3/c1-15(2,3)12-9-11(7-8-13(12)19-6)10-16(4,5)14(17)18/h7-9H,10H2,1-6H3,(H,17,18). The zero-order valence-electron chi connectivity index (χ0n) is 12.7. The molecule has 106 valence electrons. The molecule has 0 aliphatic carbocycles. The van der Waals surface area contributed by atoms with E-state index in [-0.39, 0.29) is 5.41 Å². The molecule has 0 aliphatic heterocycles. The minimum atomic E-state index is -0.777. The number of aliphatic carboxylic acids is 1. The second-order valence-corrected chi connectivity index (χ2v) is 6.65. The summed E-state index contributed by atoms with van der Waals surface area (Å²) in [6.45, 7) is 9.86. The summed E-state index contributed by atoms with van der Waals surface area (Å²) in [6.07, 6.45) is 0.509. The Hall–Kier alpha value is -1.51. The highest BCUT2D eigenvalue weighted by atomic mass is 16.5. The molecule has 0 atom stereocenters. The number of methoxy groups -OCH3 is 1. The average molecular weight is 264 g/mol. The predicted molar refractivity (Wildman–Crippen MR) is 76.8 cm³/mol. The molecular formula is C16H24O3. The van der Waals surface area contributed by atoms with E-state index in [1.54, 1.807) is 21.0 Å². The topological polar surface area (TPSA) is 46.5 Å². The molecular weight excluding hydrogens is 240 g/mol. The van der Waals surface area contributed by atoms with E-state index in [1.165, 1.54) is 0 Å². The maximum absolute atomic E-state index is 11.2. The van der Waals surface area contributed by atoms with Gasteiger partial charge in [0.15, 0.2) is 0 Å². The zero-order chi connectivity index (χ0) is 14.8. The van der Waals surface area contributed by atoms with Crippen molar-refractivity contribution < 1.29 is 14.6 Å². The van der Waals surface area contributed by atoms with Crippen molar-refractivity contribution in [3.8, 4) is 5.75 Å². The molecule has 0 spiro atoms. The van der Waals surface area contributed by atoms with E-state index >= 15 is 0 Å². The van der Waals surface area contributed by atoms with E-state index in [4.69, 9.17) is 4.74 Å². The number of carboxylic acids is 1. The van der Waals surface area contributed by atoms with Crippen LogP contribution in [-0.2, 0) is 16.6 Å². The van der Waals surface area contributed by atoms with Crippen LogP contribution in [0.5, 0.6) is 5.75 Å². The van der Waals surface area contributed by atoms with Crippen LogP contribution in [0.15, 0.2) is 18.2 Å². The lowest BCUT2D eigenvalue weighted by Crippen LogP contribution is -2.26. The molecule has 0 aromatic heterocycles. The van der Waals surface area contributed by atoms with Gasteiger partial charge in [0.25, 0.3) is 0 Å². The van der Waals surface area contributed by atoms with Gasteiger partial charge in [-0.05, 0) is 42.9 Å². The van der Waals surface area contributed by atoms with Gasteiger partial charge < -0.3 is 9.84 Å². The fourth-order valence-electron chi connectivity index (χ4n) is 2.04. The van der Waals surface area contributed by atoms with E-state index in [0.717, 1.165) is 16.9 Å². The molecule has 0 radical (unpaired) electrons. The van der Waals surface area contributed by atoms with Crippen molar-refractivity contribution in [3.63, 3.8) is 0 Å². The van der Waals surface area contributed by atoms with Crippen molar-refractivity contribution in [1.82, 2.24) is 0 Å². The Labute approximate surface area is 115 Å². The molecule has 1 rings (SSSR count). The van der Waals surface area contributed by atoms with Gasteiger partial charge in [-0.2, -0.15) is 0 Å². The molecule has 0 heterocycles. The number of hydrogen-bond donors (Lipinski definition) is 1. The molecule has 1 N–H and O–H groups in total. The van der Waals surface area contributed by atoms with Gasteiger partial charge in [0, 0.05) is 0 Å². The molecule has 19 heavy (non-hydrogen) atoms. The van der Waals surface area contributed by atoms with E-state index in [0.29, 0.717) is 6.42 Å². The van der Waals surface area contributed by atoms with Gasteiger partial charge in [-0.15, -0.1) is 0 Å². The van der Waals surface area contributed by atoms with Crippen molar-refractivity contribution in [2.24, 2.45) is 5.41 Å². The quantitative estimate of drug-likeness (QED) is 0.903. The van der Waals surface area contributed by atoms with Crippen LogP contribution in [0.25, 0.3) is 0 Å². The lowest BCUT2D eigenvalue weighted by molar-refractivity contribution is -0.146. The van der Waals surface area contributed by atoms with Crippen LogP contribution in [0, 0.1) is 5.41 Å². The number of benzene rings is 1. The first-order valence-corrected chi connectivity index (χ1v) is 6.49. The van der Waals surface area contributed by atoms with Crippen LogP contribution in [0.3, 0.4) is 0 Å². The number of hydrogen-bond acceptors (Lipinski definition) is 2. The van der Waals surface area contributed by atoms with E-state index in [1.807, 2.05) is 12.1 Å². The van der Waals surface area contributed by atoms with Crippen molar-refractivity contribution >= 4 is 5.97 Å². The normalized spacial score (nSPS) is 12.3. The number of carboxylic acid groups (broad SMARTS) is 1.